The number of aromatic amines is 1. The van der Waals surface area contributed by atoms with Crippen molar-refractivity contribution >= 4 is 5.97 Å². The first-order chi connectivity index (χ1) is 13.0. The van der Waals surface area contributed by atoms with Crippen molar-refractivity contribution in [3.05, 3.63) is 50.5 Å². The first-order valence-electron chi connectivity index (χ1n) is 8.27. The van der Waals surface area contributed by atoms with E-state index in [0.29, 0.717) is 4.57 Å². The Balaban J connectivity index is 2.48. The van der Waals surface area contributed by atoms with Gasteiger partial charge in [0.1, 0.15) is 18.8 Å². The molecular formula is C17H19F3N2O6. The van der Waals surface area contributed by atoms with Gasteiger partial charge >= 0.3 is 17.7 Å². The Morgan fingerprint density at radius 3 is 2.71 bits per heavy atom. The fraction of sp³-hybridized carbons (Fsp3) is 0.529. The molecule has 0 bridgehead atoms. The average molecular weight is 404 g/mol. The van der Waals surface area contributed by atoms with Gasteiger partial charge in [-0.2, -0.15) is 8.78 Å². The number of ether oxygens (including phenoxy) is 2. The minimum absolute atomic E-state index is 0.0194. The van der Waals surface area contributed by atoms with Crippen molar-refractivity contribution in [2.75, 3.05) is 6.61 Å². The van der Waals surface area contributed by atoms with Crippen molar-refractivity contribution in [2.45, 2.75) is 44.9 Å². The Labute approximate surface area is 156 Å². The lowest BCUT2D eigenvalue weighted by molar-refractivity contribution is -0.153. The summed E-state index contributed by atoms with van der Waals surface area (Å²) >= 11 is 0. The second-order valence-electron chi connectivity index (χ2n) is 6.61. The van der Waals surface area contributed by atoms with E-state index in [9.17, 15) is 28.3 Å². The molecule has 4 atom stereocenters. The molecule has 1 saturated heterocycles. The van der Waals surface area contributed by atoms with Gasteiger partial charge in [0.2, 0.25) is 5.67 Å². The maximum atomic E-state index is 15.5. The molecule has 1 fully saturated rings. The number of aromatic nitrogens is 2. The molecule has 2 N–H and O–H groups in total. The zero-order valence-corrected chi connectivity index (χ0v) is 15.2. The van der Waals surface area contributed by atoms with Crippen LogP contribution in [-0.2, 0) is 14.3 Å². The Bertz CT molecular complexity index is 930. The molecule has 28 heavy (non-hydrogen) atoms. The number of alkyl halides is 1. The van der Waals surface area contributed by atoms with Crippen LogP contribution in [0.2, 0.25) is 0 Å². The third-order valence-corrected chi connectivity index (χ3v) is 4.15. The van der Waals surface area contributed by atoms with E-state index in [1.54, 1.807) is 13.8 Å². The molecule has 1 aromatic rings. The van der Waals surface area contributed by atoms with E-state index in [0.717, 1.165) is 6.20 Å². The maximum Gasteiger partial charge on any atom is 0.330 e. The van der Waals surface area contributed by atoms with E-state index in [4.69, 9.17) is 9.47 Å². The van der Waals surface area contributed by atoms with Gasteiger partial charge in [-0.25, -0.2) is 9.18 Å². The van der Waals surface area contributed by atoms with Crippen LogP contribution in [0.15, 0.2) is 33.7 Å². The third kappa shape index (κ3) is 4.27. The number of aliphatic hydroxyl groups excluding tert-OH is 1. The number of hydrogen-bond acceptors (Lipinski definition) is 6. The molecule has 1 aliphatic rings. The summed E-state index contributed by atoms with van der Waals surface area (Å²) in [4.78, 5) is 37.1. The minimum Gasteiger partial charge on any atom is -0.463 e. The van der Waals surface area contributed by atoms with Crippen LogP contribution >= 0.6 is 0 Å². The average Bonchev–Trinajstić information content (AvgIpc) is 2.86. The van der Waals surface area contributed by atoms with E-state index in [-0.39, 0.29) is 11.6 Å². The largest absolute Gasteiger partial charge is 0.463 e. The lowest BCUT2D eigenvalue weighted by Gasteiger charge is -2.25. The molecule has 1 aromatic heterocycles. The maximum absolute atomic E-state index is 15.5. The number of aliphatic hydroxyl groups is 1. The predicted molar refractivity (Wildman–Crippen MR) is 89.4 cm³/mol. The van der Waals surface area contributed by atoms with E-state index < -0.39 is 59.9 Å². The summed E-state index contributed by atoms with van der Waals surface area (Å²) in [7, 11) is 0. The molecule has 11 heteroatoms. The highest BCUT2D eigenvalue weighted by molar-refractivity contribution is 5.71. The molecule has 0 aliphatic carbocycles. The lowest BCUT2D eigenvalue weighted by Crippen LogP contribution is -2.45. The highest BCUT2D eigenvalue weighted by Gasteiger charge is 2.57. The SMILES string of the molecule is Cc1cn([C@@H]2O[C@H](COC(=O)C(C)C)[C@@H](O)[C@]2(F)C=C=C(F)F)c(=O)[nH]c1=O. The summed E-state index contributed by atoms with van der Waals surface area (Å²) in [5.41, 5.74) is -3.45. The first-order valence-corrected chi connectivity index (χ1v) is 8.27. The van der Waals surface area contributed by atoms with Gasteiger partial charge in [-0.05, 0) is 6.92 Å². The van der Waals surface area contributed by atoms with Crippen molar-refractivity contribution in [3.63, 3.8) is 0 Å². The summed E-state index contributed by atoms with van der Waals surface area (Å²) in [6, 6.07) is 0. The van der Waals surface area contributed by atoms with Crippen LogP contribution in [0, 0.1) is 12.8 Å². The number of nitrogens with zero attached hydrogens (tertiary/aromatic N) is 1. The monoisotopic (exact) mass is 404 g/mol. The number of carbonyl (C=O) groups excluding carboxylic acids is 1. The number of carbonyl (C=O) groups is 1. The number of hydrogen-bond donors (Lipinski definition) is 2. The molecule has 1 aliphatic heterocycles. The van der Waals surface area contributed by atoms with Gasteiger partial charge in [-0.3, -0.25) is 19.1 Å². The van der Waals surface area contributed by atoms with Gasteiger partial charge in [-0.1, -0.05) is 19.6 Å². The van der Waals surface area contributed by atoms with Crippen molar-refractivity contribution in [2.24, 2.45) is 5.92 Å². The van der Waals surface area contributed by atoms with E-state index in [1.165, 1.54) is 12.7 Å². The van der Waals surface area contributed by atoms with Gasteiger partial charge < -0.3 is 14.6 Å². The van der Waals surface area contributed by atoms with Gasteiger partial charge in [0.05, 0.1) is 5.92 Å². The molecule has 8 nitrogen and oxygen atoms in total. The fourth-order valence-electron chi connectivity index (χ4n) is 2.60. The topological polar surface area (TPSA) is 111 Å². The summed E-state index contributed by atoms with van der Waals surface area (Å²) in [6.45, 7) is 3.86. The number of nitrogens with one attached hydrogen (secondary N) is 1. The molecule has 2 heterocycles. The van der Waals surface area contributed by atoms with Crippen LogP contribution in [0.1, 0.15) is 25.6 Å². The molecule has 0 aromatic carbocycles. The minimum atomic E-state index is -3.02. The first kappa shape index (κ1) is 21.7. The quantitative estimate of drug-likeness (QED) is 0.559. The smallest absolute Gasteiger partial charge is 0.330 e. The summed E-state index contributed by atoms with van der Waals surface area (Å²) < 4.78 is 51.3. The van der Waals surface area contributed by atoms with Gasteiger partial charge in [0.25, 0.3) is 5.56 Å². The van der Waals surface area contributed by atoms with Crippen molar-refractivity contribution in [1.29, 1.82) is 0 Å². The Kier molecular flexibility index (Phi) is 6.33. The third-order valence-electron chi connectivity index (χ3n) is 4.15. The summed E-state index contributed by atoms with van der Waals surface area (Å²) in [5, 5.41) is 10.3. The van der Waals surface area contributed by atoms with Gasteiger partial charge in [0.15, 0.2) is 6.23 Å². The van der Waals surface area contributed by atoms with Crippen LogP contribution in [0.4, 0.5) is 13.2 Å². The van der Waals surface area contributed by atoms with E-state index in [1.807, 2.05) is 4.98 Å². The molecule has 0 radical (unpaired) electrons. The number of aryl methyl sites for hydroxylation is 1. The number of H-pyrrole nitrogens is 1. The Hall–Kier alpha value is -2.62. The number of esters is 1. The summed E-state index contributed by atoms with van der Waals surface area (Å²) in [6.07, 6.45) is -6.59. The highest BCUT2D eigenvalue weighted by Crippen LogP contribution is 2.42. The molecule has 0 saturated carbocycles. The van der Waals surface area contributed by atoms with Gasteiger partial charge in [-0.15, -0.1) is 0 Å². The van der Waals surface area contributed by atoms with Crippen LogP contribution in [0.3, 0.4) is 0 Å². The summed E-state index contributed by atoms with van der Waals surface area (Å²) in [5.74, 6) is -1.15. The van der Waals surface area contributed by atoms with Crippen molar-refractivity contribution < 1.29 is 32.5 Å². The second kappa shape index (κ2) is 8.17. The van der Waals surface area contributed by atoms with Crippen molar-refractivity contribution in [3.8, 4) is 0 Å². The second-order valence-corrected chi connectivity index (χ2v) is 6.61. The van der Waals surface area contributed by atoms with E-state index in [2.05, 4.69) is 0 Å². The number of halogens is 3. The van der Waals surface area contributed by atoms with Crippen LogP contribution in [0.5, 0.6) is 0 Å². The molecule has 2 rings (SSSR count). The molecule has 0 unspecified atom stereocenters. The Morgan fingerprint density at radius 2 is 2.14 bits per heavy atom. The molecular weight excluding hydrogens is 385 g/mol. The zero-order chi connectivity index (χ0) is 21.2. The molecule has 154 valence electrons. The zero-order valence-electron chi connectivity index (χ0n) is 15.2. The molecule has 0 amide bonds. The lowest BCUT2D eigenvalue weighted by atomic mass is 9.96. The van der Waals surface area contributed by atoms with Crippen LogP contribution in [0.25, 0.3) is 0 Å². The number of rotatable bonds is 5. The van der Waals surface area contributed by atoms with E-state index >= 15 is 4.39 Å². The predicted octanol–water partition coefficient (Wildman–Crippen LogP) is 0.946. The molecule has 0 spiro atoms. The van der Waals surface area contributed by atoms with Crippen LogP contribution in [-0.4, -0.2) is 45.1 Å². The standard InChI is InChI=1S/C17H19F3N2O6/c1-8(2)14(25)27-7-10-12(23)17(20,5-4-11(18)19)15(28-10)22-6-9(3)13(24)21-16(22)26/h5-6,8,10,12,15,23H,7H2,1-3H3,(H,21,24,26)/t10-,12-,15-,17-/m1/s1. The highest BCUT2D eigenvalue weighted by atomic mass is 19.3. The Morgan fingerprint density at radius 1 is 1.50 bits per heavy atom. The van der Waals surface area contributed by atoms with Gasteiger partial charge in [0, 0.05) is 17.8 Å². The normalized spacial score (nSPS) is 26.8. The fourth-order valence-corrected chi connectivity index (χ4v) is 2.60. The van der Waals surface area contributed by atoms with Crippen LogP contribution < -0.4 is 11.2 Å². The van der Waals surface area contributed by atoms with Crippen molar-refractivity contribution in [1.82, 2.24) is 9.55 Å².